The third-order valence-electron chi connectivity index (χ3n) is 4.72. The molecule has 2 heterocycles. The lowest BCUT2D eigenvalue weighted by Crippen LogP contribution is -2.47. The molecule has 0 saturated carbocycles. The molecule has 0 radical (unpaired) electrons. The Morgan fingerprint density at radius 1 is 1.27 bits per heavy atom. The summed E-state index contributed by atoms with van der Waals surface area (Å²) in [5, 5.41) is 3.05. The van der Waals surface area contributed by atoms with Crippen molar-refractivity contribution in [2.45, 2.75) is 32.4 Å². The molecule has 1 unspecified atom stereocenters. The molecule has 0 aliphatic carbocycles. The molecule has 1 aromatic heterocycles. The topological polar surface area (TPSA) is 54.5 Å². The molecule has 5 heteroatoms. The van der Waals surface area contributed by atoms with E-state index in [-0.39, 0.29) is 11.9 Å². The quantitative estimate of drug-likeness (QED) is 0.830. The van der Waals surface area contributed by atoms with Gasteiger partial charge in [-0.2, -0.15) is 0 Å². The Kier molecular flexibility index (Phi) is 6.75. The van der Waals surface area contributed by atoms with Crippen LogP contribution in [0.2, 0.25) is 0 Å². The normalized spacial score (nSPS) is 17.8. The number of pyridine rings is 1. The summed E-state index contributed by atoms with van der Waals surface area (Å²) in [5.74, 6) is 0.0906. The first-order valence-corrected chi connectivity index (χ1v) is 9.23. The second-order valence-electron chi connectivity index (χ2n) is 6.85. The summed E-state index contributed by atoms with van der Waals surface area (Å²) in [7, 11) is 0. The Balaban J connectivity index is 1.47. The van der Waals surface area contributed by atoms with Gasteiger partial charge in [-0.15, -0.1) is 0 Å². The molecule has 0 spiro atoms. The van der Waals surface area contributed by atoms with Gasteiger partial charge >= 0.3 is 0 Å². The molecular formula is C21H27N3O2. The highest BCUT2D eigenvalue weighted by atomic mass is 16.5. The average molecular weight is 353 g/mol. The molecule has 1 aromatic carbocycles. The van der Waals surface area contributed by atoms with Crippen molar-refractivity contribution in [3.8, 4) is 0 Å². The van der Waals surface area contributed by atoms with Gasteiger partial charge in [0, 0.05) is 44.5 Å². The van der Waals surface area contributed by atoms with Gasteiger partial charge in [-0.25, -0.2) is 0 Å². The van der Waals surface area contributed by atoms with Crippen molar-refractivity contribution in [2.75, 3.05) is 26.3 Å². The number of morpholine rings is 1. The van der Waals surface area contributed by atoms with Crippen LogP contribution in [-0.4, -0.2) is 48.1 Å². The van der Waals surface area contributed by atoms with Crippen LogP contribution >= 0.6 is 0 Å². The van der Waals surface area contributed by atoms with Gasteiger partial charge in [0.25, 0.3) is 0 Å². The molecule has 3 rings (SSSR count). The number of benzene rings is 1. The maximum Gasteiger partial charge on any atom is 0.221 e. The summed E-state index contributed by atoms with van der Waals surface area (Å²) in [6, 6.07) is 12.6. The van der Waals surface area contributed by atoms with Crippen LogP contribution in [0.15, 0.2) is 48.8 Å². The number of nitrogens with one attached hydrogen (secondary N) is 1. The zero-order valence-electron chi connectivity index (χ0n) is 15.4. The van der Waals surface area contributed by atoms with Gasteiger partial charge in [-0.05, 0) is 36.6 Å². The number of carbonyl (C=O) groups excluding carboxylic acids is 1. The lowest BCUT2D eigenvalue weighted by atomic mass is 10.1. The number of amides is 1. The van der Waals surface area contributed by atoms with Gasteiger partial charge in [-0.1, -0.05) is 29.8 Å². The second-order valence-corrected chi connectivity index (χ2v) is 6.85. The average Bonchev–Trinajstić information content (AvgIpc) is 2.64. The van der Waals surface area contributed by atoms with E-state index in [4.69, 9.17) is 4.74 Å². The van der Waals surface area contributed by atoms with E-state index in [9.17, 15) is 4.79 Å². The van der Waals surface area contributed by atoms with E-state index in [1.165, 1.54) is 16.7 Å². The van der Waals surface area contributed by atoms with E-state index in [1.54, 1.807) is 0 Å². The monoisotopic (exact) mass is 353 g/mol. The van der Waals surface area contributed by atoms with Crippen molar-refractivity contribution >= 4 is 5.91 Å². The van der Waals surface area contributed by atoms with Gasteiger partial charge in [-0.3, -0.25) is 14.7 Å². The molecule has 2 aromatic rings. The number of hydrogen-bond donors (Lipinski definition) is 1. The molecule has 5 nitrogen and oxygen atoms in total. The molecule has 0 bridgehead atoms. The highest BCUT2D eigenvalue weighted by Crippen LogP contribution is 2.14. The predicted octanol–water partition coefficient (Wildman–Crippen LogP) is 2.34. The SMILES string of the molecule is Cc1cccc(CCNC(=O)CC2COCCN2Cc2ccncc2)c1. The van der Waals surface area contributed by atoms with Gasteiger partial charge in [0.2, 0.25) is 5.91 Å². The Morgan fingerprint density at radius 2 is 2.12 bits per heavy atom. The van der Waals surface area contributed by atoms with Crippen LogP contribution < -0.4 is 5.32 Å². The van der Waals surface area contributed by atoms with Crippen LogP contribution in [0.25, 0.3) is 0 Å². The summed E-state index contributed by atoms with van der Waals surface area (Å²) in [4.78, 5) is 18.8. The minimum atomic E-state index is 0.0906. The summed E-state index contributed by atoms with van der Waals surface area (Å²) in [6.45, 7) is 5.76. The smallest absolute Gasteiger partial charge is 0.221 e. The largest absolute Gasteiger partial charge is 0.378 e. The van der Waals surface area contributed by atoms with Crippen molar-refractivity contribution in [2.24, 2.45) is 0 Å². The highest BCUT2D eigenvalue weighted by molar-refractivity contribution is 5.76. The second kappa shape index (κ2) is 9.46. The predicted molar refractivity (Wildman–Crippen MR) is 102 cm³/mol. The minimum absolute atomic E-state index is 0.0906. The Morgan fingerprint density at radius 3 is 2.92 bits per heavy atom. The maximum atomic E-state index is 12.4. The van der Waals surface area contributed by atoms with Crippen LogP contribution in [0.1, 0.15) is 23.1 Å². The fourth-order valence-corrected chi connectivity index (χ4v) is 3.31. The van der Waals surface area contributed by atoms with Crippen LogP contribution in [0, 0.1) is 6.92 Å². The van der Waals surface area contributed by atoms with Gasteiger partial charge in [0.15, 0.2) is 0 Å². The highest BCUT2D eigenvalue weighted by Gasteiger charge is 2.25. The Bertz CT molecular complexity index is 705. The number of hydrogen-bond acceptors (Lipinski definition) is 4. The molecule has 1 aliphatic heterocycles. The molecule has 1 amide bonds. The van der Waals surface area contributed by atoms with E-state index in [0.29, 0.717) is 19.6 Å². The van der Waals surface area contributed by atoms with E-state index >= 15 is 0 Å². The first-order chi connectivity index (χ1) is 12.7. The number of aryl methyl sites for hydroxylation is 1. The van der Waals surface area contributed by atoms with Crippen LogP contribution in [0.4, 0.5) is 0 Å². The van der Waals surface area contributed by atoms with Crippen molar-refractivity contribution in [1.29, 1.82) is 0 Å². The number of ether oxygens (including phenoxy) is 1. The van der Waals surface area contributed by atoms with E-state index in [2.05, 4.69) is 46.4 Å². The summed E-state index contributed by atoms with van der Waals surface area (Å²) in [5.41, 5.74) is 3.72. The fourth-order valence-electron chi connectivity index (χ4n) is 3.31. The third-order valence-corrected chi connectivity index (χ3v) is 4.72. The molecule has 1 N–H and O–H groups in total. The van der Waals surface area contributed by atoms with Crippen molar-refractivity contribution in [3.63, 3.8) is 0 Å². The van der Waals surface area contributed by atoms with Gasteiger partial charge in [0.05, 0.1) is 13.2 Å². The Hall–Kier alpha value is -2.24. The summed E-state index contributed by atoms with van der Waals surface area (Å²) >= 11 is 0. The molecule has 1 aliphatic rings. The number of carbonyl (C=O) groups is 1. The Labute approximate surface area is 155 Å². The van der Waals surface area contributed by atoms with E-state index < -0.39 is 0 Å². The third kappa shape index (κ3) is 5.64. The van der Waals surface area contributed by atoms with Gasteiger partial charge in [0.1, 0.15) is 0 Å². The van der Waals surface area contributed by atoms with Crippen molar-refractivity contribution in [1.82, 2.24) is 15.2 Å². The van der Waals surface area contributed by atoms with Crippen LogP contribution in [-0.2, 0) is 22.5 Å². The fraction of sp³-hybridized carbons (Fsp3) is 0.429. The van der Waals surface area contributed by atoms with Crippen LogP contribution in [0.5, 0.6) is 0 Å². The molecule has 26 heavy (non-hydrogen) atoms. The number of nitrogens with zero attached hydrogens (tertiary/aromatic N) is 2. The first kappa shape index (κ1) is 18.5. The molecule has 1 atom stereocenters. The standard InChI is InChI=1S/C21H27N3O2/c1-17-3-2-4-18(13-17)7-10-23-21(25)14-20-16-26-12-11-24(20)15-19-5-8-22-9-6-19/h2-6,8-9,13,20H,7,10-12,14-16H2,1H3,(H,23,25). The summed E-state index contributed by atoms with van der Waals surface area (Å²) in [6.07, 6.45) is 4.94. The van der Waals surface area contributed by atoms with Crippen molar-refractivity contribution < 1.29 is 9.53 Å². The lowest BCUT2D eigenvalue weighted by Gasteiger charge is -2.35. The number of rotatable bonds is 7. The molecular weight excluding hydrogens is 326 g/mol. The van der Waals surface area contributed by atoms with Crippen LogP contribution in [0.3, 0.4) is 0 Å². The zero-order chi connectivity index (χ0) is 18.2. The van der Waals surface area contributed by atoms with E-state index in [1.807, 2.05) is 24.5 Å². The molecule has 1 fully saturated rings. The first-order valence-electron chi connectivity index (χ1n) is 9.23. The minimum Gasteiger partial charge on any atom is -0.378 e. The van der Waals surface area contributed by atoms with Gasteiger partial charge < -0.3 is 10.1 Å². The zero-order valence-corrected chi connectivity index (χ0v) is 15.4. The number of aromatic nitrogens is 1. The maximum absolute atomic E-state index is 12.4. The molecule has 138 valence electrons. The molecule has 1 saturated heterocycles. The van der Waals surface area contributed by atoms with E-state index in [0.717, 1.165) is 26.1 Å². The lowest BCUT2D eigenvalue weighted by molar-refractivity contribution is -0.124. The summed E-state index contributed by atoms with van der Waals surface area (Å²) < 4.78 is 5.60. The van der Waals surface area contributed by atoms with Crippen molar-refractivity contribution in [3.05, 3.63) is 65.5 Å².